The molecule has 6 rings (SSSR count). The summed E-state index contributed by atoms with van der Waals surface area (Å²) in [6.07, 6.45) is 3.36. The Kier molecular flexibility index (Phi) is 6.22. The van der Waals surface area contributed by atoms with Gasteiger partial charge < -0.3 is 20.2 Å². The van der Waals surface area contributed by atoms with E-state index in [1.165, 1.54) is 33.8 Å². The van der Waals surface area contributed by atoms with Crippen molar-refractivity contribution >= 4 is 50.2 Å². The molecular formula is C26H23ClFN5O2S. The summed E-state index contributed by atoms with van der Waals surface area (Å²) in [7, 11) is 0. The Balaban J connectivity index is 1.25. The summed E-state index contributed by atoms with van der Waals surface area (Å²) in [6.45, 7) is 1.66. The molecule has 0 bridgehead atoms. The second-order valence-electron chi connectivity index (χ2n) is 8.64. The number of anilines is 2. The molecule has 0 radical (unpaired) electrons. The summed E-state index contributed by atoms with van der Waals surface area (Å²) >= 11 is 8.18. The molecule has 2 aromatic carbocycles. The molecule has 0 amide bonds. The van der Waals surface area contributed by atoms with E-state index in [0.717, 1.165) is 46.7 Å². The highest BCUT2D eigenvalue weighted by Crippen LogP contribution is 2.45. The Bertz CT molecular complexity index is 1490. The number of β-amino-alcohol motifs (C(OH)–C–C–N with tert-alkyl or cyclic N) is 1. The Morgan fingerprint density at radius 2 is 2.11 bits per heavy atom. The quantitative estimate of drug-likeness (QED) is 0.304. The molecule has 2 aliphatic rings. The number of hydrazine groups is 1. The number of benzene rings is 2. The lowest BCUT2D eigenvalue weighted by molar-refractivity contribution is 0.195. The first-order chi connectivity index (χ1) is 17.6. The largest absolute Gasteiger partial charge is 0.487 e. The summed E-state index contributed by atoms with van der Waals surface area (Å²) in [4.78, 5) is 11.3. The second kappa shape index (κ2) is 9.67. The van der Waals surface area contributed by atoms with Gasteiger partial charge in [-0.15, -0.1) is 11.3 Å². The molecule has 184 valence electrons. The standard InChI is InChI=1S/C26H23ClFN5O2S/c27-20-11-17(4-7-22(20)35-13-15-2-1-3-16(28)10-15)32-25-23-18-5-6-21-19(12-31-33(21)8-9-34)24(18)36-26(23)30-14-29-25/h1-4,7,10-11,14,31,34H,5-6,8-9,12-13H2,(H,29,30,32). The van der Waals surface area contributed by atoms with Crippen LogP contribution in [0.3, 0.4) is 0 Å². The molecule has 3 N–H and O–H groups in total. The highest BCUT2D eigenvalue weighted by molar-refractivity contribution is 7.20. The molecule has 0 unspecified atom stereocenters. The molecule has 0 saturated carbocycles. The van der Waals surface area contributed by atoms with Gasteiger partial charge in [0.05, 0.1) is 23.6 Å². The molecule has 1 aliphatic heterocycles. The first-order valence-electron chi connectivity index (χ1n) is 11.6. The van der Waals surface area contributed by atoms with Crippen molar-refractivity contribution in [1.82, 2.24) is 20.4 Å². The maximum absolute atomic E-state index is 13.4. The predicted molar refractivity (Wildman–Crippen MR) is 140 cm³/mol. The summed E-state index contributed by atoms with van der Waals surface area (Å²) in [5.41, 5.74) is 8.69. The van der Waals surface area contributed by atoms with E-state index in [9.17, 15) is 9.50 Å². The molecule has 0 saturated heterocycles. The van der Waals surface area contributed by atoms with Crippen LogP contribution >= 0.6 is 22.9 Å². The minimum absolute atomic E-state index is 0.111. The summed E-state index contributed by atoms with van der Waals surface area (Å²) in [6, 6.07) is 11.8. The fraction of sp³-hybridized carbons (Fsp3) is 0.231. The van der Waals surface area contributed by atoms with E-state index < -0.39 is 0 Å². The van der Waals surface area contributed by atoms with Crippen LogP contribution in [0.4, 0.5) is 15.9 Å². The molecule has 0 atom stereocenters. The number of halogens is 2. The van der Waals surface area contributed by atoms with Crippen molar-refractivity contribution in [2.45, 2.75) is 19.4 Å². The van der Waals surface area contributed by atoms with Crippen LogP contribution in [0.25, 0.3) is 15.8 Å². The third kappa shape index (κ3) is 4.28. The topological polar surface area (TPSA) is 82.5 Å². The number of allylic oxidation sites excluding steroid dienone is 1. The van der Waals surface area contributed by atoms with E-state index in [1.54, 1.807) is 41.9 Å². The molecule has 2 aromatic heterocycles. The van der Waals surface area contributed by atoms with Crippen molar-refractivity contribution in [3.63, 3.8) is 0 Å². The predicted octanol–water partition coefficient (Wildman–Crippen LogP) is 5.28. The number of hydrogen-bond donors (Lipinski definition) is 3. The van der Waals surface area contributed by atoms with Crippen molar-refractivity contribution < 1.29 is 14.2 Å². The van der Waals surface area contributed by atoms with Crippen LogP contribution in [0.15, 0.2) is 54.5 Å². The van der Waals surface area contributed by atoms with Gasteiger partial charge in [-0.25, -0.2) is 19.8 Å². The number of aromatic nitrogens is 2. The van der Waals surface area contributed by atoms with Crippen LogP contribution in [0.2, 0.25) is 5.02 Å². The van der Waals surface area contributed by atoms with Crippen molar-refractivity contribution in [1.29, 1.82) is 0 Å². The number of nitrogens with one attached hydrogen (secondary N) is 2. The first kappa shape index (κ1) is 23.2. The SMILES string of the molecule is OCCN1NCC2=C1CCc1c2sc2ncnc(Nc3ccc(OCc4cccc(F)c4)c(Cl)c3)c12. The third-order valence-corrected chi connectivity index (χ3v) is 7.89. The summed E-state index contributed by atoms with van der Waals surface area (Å²) < 4.78 is 19.2. The van der Waals surface area contributed by atoms with Crippen LogP contribution in [-0.2, 0) is 13.0 Å². The maximum Gasteiger partial charge on any atom is 0.142 e. The zero-order valence-corrected chi connectivity index (χ0v) is 20.8. The Labute approximate surface area is 216 Å². The Hall–Kier alpha value is -3.24. The molecular weight excluding hydrogens is 501 g/mol. The number of aliphatic hydroxyl groups excluding tert-OH is 1. The van der Waals surface area contributed by atoms with E-state index in [2.05, 4.69) is 25.7 Å². The van der Waals surface area contributed by atoms with Gasteiger partial charge in [-0.1, -0.05) is 23.7 Å². The number of rotatable bonds is 7. The average molecular weight is 524 g/mol. The highest BCUT2D eigenvalue weighted by Gasteiger charge is 2.31. The van der Waals surface area contributed by atoms with Crippen LogP contribution in [0, 0.1) is 5.82 Å². The Morgan fingerprint density at radius 3 is 2.94 bits per heavy atom. The van der Waals surface area contributed by atoms with Crippen LogP contribution in [0.5, 0.6) is 5.75 Å². The van der Waals surface area contributed by atoms with Gasteiger partial charge in [0.15, 0.2) is 0 Å². The third-order valence-electron chi connectivity index (χ3n) is 6.40. The van der Waals surface area contributed by atoms with Gasteiger partial charge >= 0.3 is 0 Å². The zero-order valence-electron chi connectivity index (χ0n) is 19.2. The van der Waals surface area contributed by atoms with Gasteiger partial charge in [-0.2, -0.15) is 0 Å². The van der Waals surface area contributed by atoms with Crippen LogP contribution in [-0.4, -0.2) is 39.8 Å². The lowest BCUT2D eigenvalue weighted by Crippen LogP contribution is -2.34. The lowest BCUT2D eigenvalue weighted by atomic mass is 9.94. The zero-order chi connectivity index (χ0) is 24.6. The van der Waals surface area contributed by atoms with Gasteiger partial charge in [-0.3, -0.25) is 0 Å². The number of hydrogen-bond acceptors (Lipinski definition) is 8. The molecule has 3 heterocycles. The van der Waals surface area contributed by atoms with Crippen molar-refractivity contribution in [3.8, 4) is 5.75 Å². The van der Waals surface area contributed by atoms with E-state index >= 15 is 0 Å². The molecule has 10 heteroatoms. The average Bonchev–Trinajstić information content (AvgIpc) is 3.46. The molecule has 0 spiro atoms. The molecule has 1 aliphatic carbocycles. The van der Waals surface area contributed by atoms with E-state index in [-0.39, 0.29) is 19.0 Å². The smallest absolute Gasteiger partial charge is 0.142 e. The van der Waals surface area contributed by atoms with Gasteiger partial charge in [0.2, 0.25) is 0 Å². The maximum atomic E-state index is 13.4. The fourth-order valence-corrected chi connectivity index (χ4v) is 6.27. The van der Waals surface area contributed by atoms with E-state index in [0.29, 0.717) is 17.3 Å². The van der Waals surface area contributed by atoms with Crippen LogP contribution < -0.4 is 15.5 Å². The van der Waals surface area contributed by atoms with E-state index in [4.69, 9.17) is 16.3 Å². The minimum atomic E-state index is -0.298. The Morgan fingerprint density at radius 1 is 1.19 bits per heavy atom. The van der Waals surface area contributed by atoms with Gasteiger partial charge in [0.1, 0.15) is 35.1 Å². The van der Waals surface area contributed by atoms with E-state index in [1.807, 2.05) is 6.07 Å². The first-order valence-corrected chi connectivity index (χ1v) is 12.8. The fourth-order valence-electron chi connectivity index (χ4n) is 4.78. The number of thiophene rings is 1. The van der Waals surface area contributed by atoms with Crippen molar-refractivity contribution in [3.05, 3.63) is 81.3 Å². The van der Waals surface area contributed by atoms with Gasteiger partial charge in [0.25, 0.3) is 0 Å². The number of ether oxygens (including phenoxy) is 1. The highest BCUT2D eigenvalue weighted by atomic mass is 35.5. The van der Waals surface area contributed by atoms with Crippen molar-refractivity contribution in [2.24, 2.45) is 0 Å². The second-order valence-corrected chi connectivity index (χ2v) is 10.0. The molecule has 0 fully saturated rings. The van der Waals surface area contributed by atoms with Gasteiger partial charge in [0, 0.05) is 28.4 Å². The summed E-state index contributed by atoms with van der Waals surface area (Å²) in [5.74, 6) is 0.963. The monoisotopic (exact) mass is 523 g/mol. The van der Waals surface area contributed by atoms with Crippen LogP contribution in [0.1, 0.15) is 22.4 Å². The molecule has 36 heavy (non-hydrogen) atoms. The number of nitrogens with zero attached hydrogens (tertiary/aromatic N) is 3. The number of aryl methyl sites for hydroxylation is 1. The lowest BCUT2D eigenvalue weighted by Gasteiger charge is -2.23. The van der Waals surface area contributed by atoms with Crippen molar-refractivity contribution in [2.75, 3.05) is 25.0 Å². The number of fused-ring (bicyclic) bond motifs is 4. The minimum Gasteiger partial charge on any atom is -0.487 e. The molecule has 7 nitrogen and oxygen atoms in total. The molecule has 4 aromatic rings. The van der Waals surface area contributed by atoms with Gasteiger partial charge in [-0.05, 0) is 54.3 Å². The summed E-state index contributed by atoms with van der Waals surface area (Å²) in [5, 5.41) is 16.3. The normalized spacial score (nSPS) is 14.8. The number of aliphatic hydroxyl groups is 1.